The van der Waals surface area contributed by atoms with Gasteiger partial charge in [-0.05, 0) is 45.3 Å². The number of rotatable bonds is 11. The molecule has 0 bridgehead atoms. The second-order valence-electron chi connectivity index (χ2n) is 6.70. The minimum absolute atomic E-state index is 0.120. The van der Waals surface area contributed by atoms with E-state index < -0.39 is 8.60 Å². The Morgan fingerprint density at radius 3 is 2.97 bits per heavy atom. The Bertz CT molecular complexity index is 638. The van der Waals surface area contributed by atoms with Gasteiger partial charge in [0, 0.05) is 25.4 Å². The van der Waals surface area contributed by atoms with Gasteiger partial charge in [0.15, 0.2) is 0 Å². The molecule has 1 fully saturated rings. The zero-order valence-electron chi connectivity index (χ0n) is 17.0. The summed E-state index contributed by atoms with van der Waals surface area (Å²) >= 11 is 0. The highest BCUT2D eigenvalue weighted by atomic mass is 31.2. The largest absolute Gasteiger partial charge is 0.463 e. The normalized spacial score (nSPS) is 23.0. The summed E-state index contributed by atoms with van der Waals surface area (Å²) < 4.78 is 27.0. The SMILES string of the molecule is C=C1C=CN(C2CCC(/C=C\O[P@](OC)OCCCC(=O)OC(C)C)O2)C(=O)N1. The minimum atomic E-state index is -1.55. The van der Waals surface area contributed by atoms with Crippen molar-refractivity contribution in [3.63, 3.8) is 0 Å². The quantitative estimate of drug-likeness (QED) is 0.232. The van der Waals surface area contributed by atoms with Crippen LogP contribution in [-0.2, 0) is 27.8 Å². The smallest absolute Gasteiger partial charge is 0.396 e. The Morgan fingerprint density at radius 2 is 2.28 bits per heavy atom. The molecule has 0 aromatic carbocycles. The van der Waals surface area contributed by atoms with Crippen LogP contribution in [-0.4, -0.2) is 49.1 Å². The van der Waals surface area contributed by atoms with Crippen molar-refractivity contribution in [2.24, 2.45) is 0 Å². The Hall–Kier alpha value is -1.93. The fourth-order valence-corrected chi connectivity index (χ4v) is 3.38. The van der Waals surface area contributed by atoms with Crippen molar-refractivity contribution in [1.29, 1.82) is 0 Å². The van der Waals surface area contributed by atoms with E-state index in [1.165, 1.54) is 18.3 Å². The molecule has 0 aliphatic carbocycles. The summed E-state index contributed by atoms with van der Waals surface area (Å²) in [5.41, 5.74) is 0.554. The van der Waals surface area contributed by atoms with Crippen LogP contribution in [0.2, 0.25) is 0 Å². The van der Waals surface area contributed by atoms with Crippen LogP contribution in [0.25, 0.3) is 0 Å². The zero-order valence-corrected chi connectivity index (χ0v) is 17.9. The Labute approximate surface area is 172 Å². The van der Waals surface area contributed by atoms with E-state index in [2.05, 4.69) is 11.9 Å². The van der Waals surface area contributed by atoms with Crippen LogP contribution in [0.5, 0.6) is 0 Å². The predicted molar refractivity (Wildman–Crippen MR) is 107 cm³/mol. The van der Waals surface area contributed by atoms with Crippen molar-refractivity contribution < 1.29 is 32.6 Å². The number of amides is 2. The number of esters is 1. The first-order chi connectivity index (χ1) is 13.9. The monoisotopic (exact) mass is 428 g/mol. The Morgan fingerprint density at radius 1 is 1.48 bits per heavy atom. The molecule has 29 heavy (non-hydrogen) atoms. The lowest BCUT2D eigenvalue weighted by Gasteiger charge is -2.28. The molecule has 1 N–H and O–H groups in total. The number of carbonyl (C=O) groups is 2. The lowest BCUT2D eigenvalue weighted by atomic mass is 10.2. The van der Waals surface area contributed by atoms with Crippen LogP contribution < -0.4 is 5.32 Å². The molecule has 0 aromatic heterocycles. The highest BCUT2D eigenvalue weighted by Crippen LogP contribution is 2.39. The summed E-state index contributed by atoms with van der Waals surface area (Å²) in [4.78, 5) is 25.0. The molecule has 1 saturated heterocycles. The predicted octanol–water partition coefficient (Wildman–Crippen LogP) is 3.70. The second kappa shape index (κ2) is 11.9. The fourth-order valence-electron chi connectivity index (χ4n) is 2.68. The van der Waals surface area contributed by atoms with Crippen LogP contribution in [0.3, 0.4) is 0 Å². The van der Waals surface area contributed by atoms with Gasteiger partial charge in [0.1, 0.15) is 6.23 Å². The third-order valence-electron chi connectivity index (χ3n) is 3.96. The number of hydrogen-bond donors (Lipinski definition) is 1. The van der Waals surface area contributed by atoms with Crippen LogP contribution in [0.1, 0.15) is 39.5 Å². The molecule has 2 aliphatic heterocycles. The van der Waals surface area contributed by atoms with Gasteiger partial charge < -0.3 is 28.4 Å². The highest BCUT2D eigenvalue weighted by molar-refractivity contribution is 7.41. The van der Waals surface area contributed by atoms with E-state index >= 15 is 0 Å². The summed E-state index contributed by atoms with van der Waals surface area (Å²) in [7, 11) is -0.0617. The van der Waals surface area contributed by atoms with Gasteiger partial charge in [0.25, 0.3) is 0 Å². The number of nitrogens with zero attached hydrogens (tertiary/aromatic N) is 1. The average molecular weight is 428 g/mol. The molecule has 0 saturated carbocycles. The molecule has 0 spiro atoms. The van der Waals surface area contributed by atoms with Crippen LogP contribution in [0.15, 0.2) is 36.9 Å². The molecule has 9 nitrogen and oxygen atoms in total. The number of allylic oxidation sites excluding steroid dienone is 1. The molecule has 2 amide bonds. The summed E-state index contributed by atoms with van der Waals surface area (Å²) in [5, 5.41) is 2.65. The van der Waals surface area contributed by atoms with Crippen LogP contribution >= 0.6 is 8.60 Å². The lowest BCUT2D eigenvalue weighted by molar-refractivity contribution is -0.147. The first-order valence-electron chi connectivity index (χ1n) is 9.51. The molecule has 0 aromatic rings. The number of ether oxygens (including phenoxy) is 2. The van der Waals surface area contributed by atoms with E-state index in [1.54, 1.807) is 18.4 Å². The summed E-state index contributed by atoms with van der Waals surface area (Å²) in [6, 6.07) is -0.253. The van der Waals surface area contributed by atoms with Crippen molar-refractivity contribution in [2.45, 2.75) is 58.0 Å². The topological polar surface area (TPSA) is 95.6 Å². The Balaban J connectivity index is 1.66. The van der Waals surface area contributed by atoms with Crippen LogP contribution in [0.4, 0.5) is 4.79 Å². The molecule has 3 atom stereocenters. The summed E-state index contributed by atoms with van der Waals surface area (Å²) in [6.07, 6.45) is 8.29. The van der Waals surface area contributed by atoms with E-state index in [0.29, 0.717) is 25.1 Å². The molecule has 2 heterocycles. The molecule has 162 valence electrons. The molecule has 0 radical (unpaired) electrons. The zero-order chi connectivity index (χ0) is 21.2. The number of urea groups is 1. The Kier molecular flexibility index (Phi) is 9.60. The van der Waals surface area contributed by atoms with Crippen molar-refractivity contribution in [2.75, 3.05) is 13.7 Å². The third-order valence-corrected chi connectivity index (χ3v) is 4.94. The van der Waals surface area contributed by atoms with Gasteiger partial charge in [-0.3, -0.25) is 9.69 Å². The summed E-state index contributed by atoms with van der Waals surface area (Å²) in [5.74, 6) is -0.249. The van der Waals surface area contributed by atoms with Crippen molar-refractivity contribution in [3.8, 4) is 0 Å². The maximum atomic E-state index is 12.0. The molecule has 10 heteroatoms. The van der Waals surface area contributed by atoms with Crippen LogP contribution in [0, 0.1) is 0 Å². The number of hydrogen-bond acceptors (Lipinski definition) is 7. The fraction of sp³-hybridized carbons (Fsp3) is 0.579. The second-order valence-corrected chi connectivity index (χ2v) is 7.98. The number of nitrogens with one attached hydrogen (secondary N) is 1. The van der Waals surface area contributed by atoms with Gasteiger partial charge >= 0.3 is 20.6 Å². The van der Waals surface area contributed by atoms with E-state index in [1.807, 2.05) is 13.8 Å². The van der Waals surface area contributed by atoms with Crippen molar-refractivity contribution >= 4 is 20.6 Å². The molecule has 2 unspecified atom stereocenters. The number of carbonyl (C=O) groups excluding carboxylic acids is 2. The minimum Gasteiger partial charge on any atom is -0.463 e. The molecular formula is C19H29N2O7P. The van der Waals surface area contributed by atoms with Gasteiger partial charge in [0.05, 0.1) is 25.1 Å². The van der Waals surface area contributed by atoms with E-state index in [4.69, 9.17) is 23.0 Å². The van der Waals surface area contributed by atoms with Gasteiger partial charge in [-0.2, -0.15) is 0 Å². The highest BCUT2D eigenvalue weighted by Gasteiger charge is 2.32. The average Bonchev–Trinajstić information content (AvgIpc) is 3.11. The first kappa shape index (κ1) is 23.3. The first-order valence-corrected chi connectivity index (χ1v) is 10.6. The standard InChI is InChI=1S/C19H29N2O7P/c1-14(2)27-18(22)6-5-12-25-29(24-4)26-13-10-16-7-8-17(28-16)21-11-9-15(3)20-19(21)23/h9-11,13-14,16-17H,3,5-8,12H2,1-2,4H3,(H,20,23)/b13-10-/t16?,17?,29-/m1/s1. The molecule has 2 aliphatic rings. The van der Waals surface area contributed by atoms with Crippen molar-refractivity contribution in [1.82, 2.24) is 10.2 Å². The van der Waals surface area contributed by atoms with Crippen molar-refractivity contribution in [3.05, 3.63) is 36.9 Å². The third kappa shape index (κ3) is 8.14. The maximum absolute atomic E-state index is 12.0. The summed E-state index contributed by atoms with van der Waals surface area (Å²) in [6.45, 7) is 7.64. The maximum Gasteiger partial charge on any atom is 0.396 e. The molecule has 2 rings (SSSR count). The van der Waals surface area contributed by atoms with Gasteiger partial charge in [-0.1, -0.05) is 6.58 Å². The van der Waals surface area contributed by atoms with E-state index in [0.717, 1.165) is 6.42 Å². The lowest BCUT2D eigenvalue weighted by Crippen LogP contribution is -2.44. The van der Waals surface area contributed by atoms with Gasteiger partial charge in [-0.15, -0.1) is 0 Å². The van der Waals surface area contributed by atoms with Gasteiger partial charge in [0.2, 0.25) is 0 Å². The van der Waals surface area contributed by atoms with Gasteiger partial charge in [-0.25, -0.2) is 4.79 Å². The van der Waals surface area contributed by atoms with E-state index in [-0.39, 0.29) is 36.9 Å². The molecular weight excluding hydrogens is 399 g/mol. The van der Waals surface area contributed by atoms with E-state index in [9.17, 15) is 9.59 Å².